The lowest BCUT2D eigenvalue weighted by atomic mass is 10.1. The topological polar surface area (TPSA) is 92.8 Å². The molecule has 3 fully saturated rings. The average molecular weight is 444 g/mol. The fourth-order valence-electron chi connectivity index (χ4n) is 4.84. The van der Waals surface area contributed by atoms with E-state index in [9.17, 15) is 4.79 Å². The van der Waals surface area contributed by atoms with Crippen LogP contribution < -0.4 is 0 Å². The molecule has 2 aromatic heterocycles. The maximum Gasteiger partial charge on any atom is 0.290 e. The third kappa shape index (κ3) is 4.59. The first-order valence-electron chi connectivity index (χ1n) is 11.3. The molecule has 2 saturated heterocycles. The molecule has 0 radical (unpaired) electrons. The Kier molecular flexibility index (Phi) is 6.66. The van der Waals surface area contributed by atoms with E-state index in [0.717, 1.165) is 50.0 Å². The summed E-state index contributed by atoms with van der Waals surface area (Å²) in [4.78, 5) is 31.2. The minimum Gasteiger partial charge on any atom is -0.483 e. The molecule has 2 aromatic rings. The Bertz CT molecular complexity index is 964. The van der Waals surface area contributed by atoms with Crippen LogP contribution in [0.1, 0.15) is 46.6 Å². The molecule has 4 heterocycles. The van der Waals surface area contributed by atoms with Crippen molar-refractivity contribution in [3.8, 4) is 0 Å². The van der Waals surface area contributed by atoms with Crippen LogP contribution in [0.15, 0.2) is 18.3 Å². The number of imidazole rings is 1. The fraction of sp³-hybridized carbons (Fsp3) is 0.609. The van der Waals surface area contributed by atoms with Gasteiger partial charge in [0.05, 0.1) is 31.5 Å². The Morgan fingerprint density at radius 1 is 1.22 bits per heavy atom. The van der Waals surface area contributed by atoms with Crippen LogP contribution in [0, 0.1) is 19.8 Å². The van der Waals surface area contributed by atoms with Gasteiger partial charge < -0.3 is 23.9 Å². The molecule has 0 spiro atoms. The summed E-state index contributed by atoms with van der Waals surface area (Å²) >= 11 is 0. The molecule has 1 saturated carbocycles. The average Bonchev–Trinajstić information content (AvgIpc) is 3.50. The smallest absolute Gasteiger partial charge is 0.290 e. The molecule has 2 atom stereocenters. The third-order valence-electron chi connectivity index (χ3n) is 6.82. The zero-order chi connectivity index (χ0) is 22.8. The zero-order valence-electron chi connectivity index (χ0n) is 19.1. The Morgan fingerprint density at radius 3 is 2.62 bits per heavy atom. The molecule has 32 heavy (non-hydrogen) atoms. The Labute approximate surface area is 188 Å². The standard InChI is InChI=1S/C22H31N5O2.CH2O2/c1-15-16(2)24(3)21(23-15)12-25-9-17-10-27(19(11-25)14-29-13-17)22(28)20-5-4-8-26(20)18-6-7-18;2-1-3/h4-5,8,17-19H,6-7,9-14H2,1-3H3;1H,(H,2,3)/t17-,19-;/m0./s1. The van der Waals surface area contributed by atoms with Gasteiger partial charge in [-0.2, -0.15) is 0 Å². The predicted molar refractivity (Wildman–Crippen MR) is 118 cm³/mol. The summed E-state index contributed by atoms with van der Waals surface area (Å²) in [6.45, 7) is 8.63. The van der Waals surface area contributed by atoms with E-state index in [0.29, 0.717) is 18.6 Å². The van der Waals surface area contributed by atoms with E-state index >= 15 is 0 Å². The molecule has 9 nitrogen and oxygen atoms in total. The summed E-state index contributed by atoms with van der Waals surface area (Å²) in [6, 6.07) is 4.58. The van der Waals surface area contributed by atoms with Crippen molar-refractivity contribution in [1.29, 1.82) is 0 Å². The lowest BCUT2D eigenvalue weighted by Gasteiger charge is -2.31. The number of fused-ring (bicyclic) bond motifs is 3. The van der Waals surface area contributed by atoms with Gasteiger partial charge in [-0.1, -0.05) is 0 Å². The van der Waals surface area contributed by atoms with Crippen molar-refractivity contribution >= 4 is 12.4 Å². The van der Waals surface area contributed by atoms with Gasteiger partial charge in [-0.3, -0.25) is 14.5 Å². The summed E-state index contributed by atoms with van der Waals surface area (Å²) in [5.74, 6) is 1.59. The number of aryl methyl sites for hydroxylation is 1. The second-order valence-electron chi connectivity index (χ2n) is 9.10. The number of carbonyl (C=O) groups is 2. The number of nitrogens with zero attached hydrogens (tertiary/aromatic N) is 5. The van der Waals surface area contributed by atoms with Crippen molar-refractivity contribution in [1.82, 2.24) is 23.9 Å². The van der Waals surface area contributed by atoms with Crippen LogP contribution in [0.3, 0.4) is 0 Å². The van der Waals surface area contributed by atoms with E-state index < -0.39 is 0 Å². The Balaban J connectivity index is 0.000000775. The molecule has 1 amide bonds. The summed E-state index contributed by atoms with van der Waals surface area (Å²) in [5.41, 5.74) is 3.15. The Hall–Kier alpha value is -2.65. The number of hydrogen-bond acceptors (Lipinski definition) is 5. The minimum absolute atomic E-state index is 0.0833. The monoisotopic (exact) mass is 443 g/mol. The van der Waals surface area contributed by atoms with Crippen molar-refractivity contribution in [2.45, 2.75) is 45.3 Å². The first-order valence-corrected chi connectivity index (χ1v) is 11.3. The van der Waals surface area contributed by atoms with Crippen molar-refractivity contribution in [2.75, 3.05) is 32.8 Å². The molecule has 0 aromatic carbocycles. The second-order valence-corrected chi connectivity index (χ2v) is 9.10. The van der Waals surface area contributed by atoms with E-state index in [1.165, 1.54) is 18.5 Å². The normalized spacial score (nSPS) is 23.3. The Morgan fingerprint density at radius 2 is 1.97 bits per heavy atom. The maximum atomic E-state index is 13.5. The predicted octanol–water partition coefficient (Wildman–Crippen LogP) is 1.85. The van der Waals surface area contributed by atoms with Crippen LogP contribution in [-0.4, -0.2) is 80.3 Å². The van der Waals surface area contributed by atoms with E-state index in [1.807, 2.05) is 12.1 Å². The molecular weight excluding hydrogens is 410 g/mol. The number of carboxylic acid groups (broad SMARTS) is 1. The van der Waals surface area contributed by atoms with E-state index in [2.05, 4.69) is 46.0 Å². The number of amides is 1. The van der Waals surface area contributed by atoms with Gasteiger partial charge in [-0.25, -0.2) is 4.98 Å². The van der Waals surface area contributed by atoms with Gasteiger partial charge in [-0.15, -0.1) is 0 Å². The highest BCUT2D eigenvalue weighted by Crippen LogP contribution is 2.36. The van der Waals surface area contributed by atoms with Gasteiger partial charge >= 0.3 is 0 Å². The zero-order valence-corrected chi connectivity index (χ0v) is 19.1. The third-order valence-corrected chi connectivity index (χ3v) is 6.82. The van der Waals surface area contributed by atoms with Crippen LogP contribution in [0.25, 0.3) is 0 Å². The van der Waals surface area contributed by atoms with Gasteiger partial charge in [0.1, 0.15) is 11.5 Å². The molecule has 2 bridgehead atoms. The first kappa shape index (κ1) is 22.5. The number of hydrogen-bond donors (Lipinski definition) is 1. The molecule has 1 N–H and O–H groups in total. The highest BCUT2D eigenvalue weighted by molar-refractivity contribution is 5.93. The number of carbonyl (C=O) groups excluding carboxylic acids is 1. The summed E-state index contributed by atoms with van der Waals surface area (Å²) < 4.78 is 10.3. The molecule has 174 valence electrons. The molecule has 1 aliphatic carbocycles. The first-order chi connectivity index (χ1) is 15.4. The fourth-order valence-corrected chi connectivity index (χ4v) is 4.84. The quantitative estimate of drug-likeness (QED) is 0.725. The summed E-state index contributed by atoms with van der Waals surface area (Å²) in [5, 5.41) is 6.89. The second kappa shape index (κ2) is 9.46. The summed E-state index contributed by atoms with van der Waals surface area (Å²) in [6.07, 6.45) is 4.42. The highest BCUT2D eigenvalue weighted by atomic mass is 16.5. The van der Waals surface area contributed by atoms with Crippen LogP contribution in [0.4, 0.5) is 0 Å². The van der Waals surface area contributed by atoms with Gasteiger partial charge in [0.15, 0.2) is 0 Å². The maximum absolute atomic E-state index is 13.5. The van der Waals surface area contributed by atoms with Crippen LogP contribution in [0.5, 0.6) is 0 Å². The van der Waals surface area contributed by atoms with Gasteiger partial charge in [0.2, 0.25) is 0 Å². The van der Waals surface area contributed by atoms with Crippen molar-refractivity contribution in [2.24, 2.45) is 13.0 Å². The molecule has 5 rings (SSSR count). The van der Waals surface area contributed by atoms with Crippen LogP contribution in [0.2, 0.25) is 0 Å². The largest absolute Gasteiger partial charge is 0.483 e. The molecule has 2 aliphatic heterocycles. The van der Waals surface area contributed by atoms with Gasteiger partial charge in [-0.05, 0) is 38.8 Å². The molecular formula is C23H33N5O4. The van der Waals surface area contributed by atoms with Crippen LogP contribution >= 0.6 is 0 Å². The van der Waals surface area contributed by atoms with Crippen molar-refractivity contribution in [3.05, 3.63) is 41.2 Å². The van der Waals surface area contributed by atoms with Gasteiger partial charge in [0.25, 0.3) is 12.4 Å². The van der Waals surface area contributed by atoms with E-state index in [1.54, 1.807) is 0 Å². The highest BCUT2D eigenvalue weighted by Gasteiger charge is 2.38. The van der Waals surface area contributed by atoms with Crippen molar-refractivity contribution < 1.29 is 19.4 Å². The molecule has 0 unspecified atom stereocenters. The number of ether oxygens (including phenoxy) is 1. The molecule has 3 aliphatic rings. The van der Waals surface area contributed by atoms with Gasteiger partial charge in [0, 0.05) is 50.5 Å². The van der Waals surface area contributed by atoms with Crippen LogP contribution in [-0.2, 0) is 23.1 Å². The lowest BCUT2D eigenvalue weighted by Crippen LogP contribution is -2.47. The number of aromatic nitrogens is 3. The molecule has 9 heteroatoms. The summed E-state index contributed by atoms with van der Waals surface area (Å²) in [7, 11) is 2.09. The SMILES string of the molecule is Cc1nc(CN2C[C@@H]3COC[C@H](C2)N(C(=O)c2cccn2C2CC2)C3)n(C)c1C.O=CO. The van der Waals surface area contributed by atoms with E-state index in [4.69, 9.17) is 19.6 Å². The number of rotatable bonds is 4. The van der Waals surface area contributed by atoms with Crippen molar-refractivity contribution in [3.63, 3.8) is 0 Å². The minimum atomic E-state index is -0.250. The lowest BCUT2D eigenvalue weighted by molar-refractivity contribution is -0.122. The van der Waals surface area contributed by atoms with E-state index in [-0.39, 0.29) is 18.4 Å².